The molecular formula is C18H19BrN2O4. The molecule has 2 aromatic rings. The molecule has 2 aromatic carbocycles. The van der Waals surface area contributed by atoms with Crippen LogP contribution in [0, 0.1) is 10.1 Å². The summed E-state index contributed by atoms with van der Waals surface area (Å²) in [6.07, 6.45) is 1.67. The molecule has 25 heavy (non-hydrogen) atoms. The summed E-state index contributed by atoms with van der Waals surface area (Å²) in [4.78, 5) is 10.4. The largest absolute Gasteiger partial charge is 0.490 e. The molecule has 0 aliphatic rings. The summed E-state index contributed by atoms with van der Waals surface area (Å²) in [5.41, 5.74) is 1.68. The molecule has 2 rings (SSSR count). The molecule has 6 nitrogen and oxygen atoms in total. The van der Waals surface area contributed by atoms with Gasteiger partial charge in [0.2, 0.25) is 0 Å². The van der Waals surface area contributed by atoms with Crippen molar-refractivity contribution in [3.05, 3.63) is 69.2 Å². The number of non-ortho nitro benzene ring substituents is 1. The summed E-state index contributed by atoms with van der Waals surface area (Å²) < 4.78 is 12.1. The van der Waals surface area contributed by atoms with Crippen LogP contribution in [0.1, 0.15) is 12.5 Å². The molecule has 1 N–H and O–H groups in total. The normalized spacial score (nSPS) is 10.2. The Morgan fingerprint density at radius 1 is 1.32 bits per heavy atom. The van der Waals surface area contributed by atoms with E-state index in [9.17, 15) is 10.1 Å². The Balaban J connectivity index is 2.17. The Hall–Kier alpha value is -2.54. The molecule has 0 spiro atoms. The van der Waals surface area contributed by atoms with Crippen molar-refractivity contribution in [2.45, 2.75) is 13.5 Å². The maximum atomic E-state index is 10.8. The second-order valence-corrected chi connectivity index (χ2v) is 5.95. The van der Waals surface area contributed by atoms with Crippen LogP contribution in [0.3, 0.4) is 0 Å². The lowest BCUT2D eigenvalue weighted by Gasteiger charge is -2.15. The number of nitro groups is 1. The lowest BCUT2D eigenvalue weighted by atomic mass is 10.2. The van der Waals surface area contributed by atoms with Crippen molar-refractivity contribution in [3.8, 4) is 11.5 Å². The minimum atomic E-state index is -0.416. The maximum Gasteiger partial charge on any atom is 0.271 e. The van der Waals surface area contributed by atoms with Gasteiger partial charge in [-0.2, -0.15) is 0 Å². The zero-order valence-corrected chi connectivity index (χ0v) is 15.4. The van der Waals surface area contributed by atoms with Crippen LogP contribution in [0.4, 0.5) is 11.4 Å². The fourth-order valence-corrected chi connectivity index (χ4v) is 2.81. The zero-order valence-electron chi connectivity index (χ0n) is 13.8. The van der Waals surface area contributed by atoms with Crippen molar-refractivity contribution in [1.82, 2.24) is 0 Å². The summed E-state index contributed by atoms with van der Waals surface area (Å²) >= 11 is 3.50. The minimum absolute atomic E-state index is 0.0503. The lowest BCUT2D eigenvalue weighted by molar-refractivity contribution is -0.384. The van der Waals surface area contributed by atoms with Gasteiger partial charge in [-0.15, -0.1) is 0 Å². The second-order valence-electron chi connectivity index (χ2n) is 5.10. The van der Waals surface area contributed by atoms with Crippen LogP contribution in [0.15, 0.2) is 53.5 Å². The van der Waals surface area contributed by atoms with E-state index in [2.05, 4.69) is 27.8 Å². The SMILES string of the molecule is C=CCOc1c(Br)cc(CNc2cccc([N+](=O)[O-])c2)cc1OCC. The molecule has 0 aromatic heterocycles. The van der Waals surface area contributed by atoms with Crippen molar-refractivity contribution in [1.29, 1.82) is 0 Å². The summed E-state index contributed by atoms with van der Waals surface area (Å²) in [5, 5.41) is 14.0. The number of nitrogens with one attached hydrogen (secondary N) is 1. The van der Waals surface area contributed by atoms with Gasteiger partial charge < -0.3 is 14.8 Å². The predicted octanol–water partition coefficient (Wildman–Crippen LogP) is 4.93. The van der Waals surface area contributed by atoms with Crippen LogP contribution in [-0.2, 0) is 6.54 Å². The average Bonchev–Trinajstić information content (AvgIpc) is 2.60. The first kappa shape index (κ1) is 18.8. The number of hydrogen-bond acceptors (Lipinski definition) is 5. The Labute approximate surface area is 154 Å². The quantitative estimate of drug-likeness (QED) is 0.362. The lowest BCUT2D eigenvalue weighted by Crippen LogP contribution is -2.04. The fourth-order valence-electron chi connectivity index (χ4n) is 2.20. The summed E-state index contributed by atoms with van der Waals surface area (Å²) in [6, 6.07) is 10.2. The van der Waals surface area contributed by atoms with Crippen LogP contribution in [-0.4, -0.2) is 18.1 Å². The van der Waals surface area contributed by atoms with Gasteiger partial charge in [0, 0.05) is 24.4 Å². The van der Waals surface area contributed by atoms with Crippen molar-refractivity contribution in [2.75, 3.05) is 18.5 Å². The number of anilines is 1. The van der Waals surface area contributed by atoms with E-state index in [0.29, 0.717) is 36.9 Å². The molecule has 0 unspecified atom stereocenters. The molecule has 0 aliphatic carbocycles. The van der Waals surface area contributed by atoms with E-state index in [1.165, 1.54) is 12.1 Å². The Morgan fingerprint density at radius 3 is 2.80 bits per heavy atom. The highest BCUT2D eigenvalue weighted by Gasteiger charge is 2.12. The third-order valence-corrected chi connectivity index (χ3v) is 3.86. The van der Waals surface area contributed by atoms with Crippen molar-refractivity contribution < 1.29 is 14.4 Å². The molecule has 0 radical (unpaired) electrons. The van der Waals surface area contributed by atoms with E-state index in [-0.39, 0.29) is 5.69 Å². The number of halogens is 1. The Bertz CT molecular complexity index is 765. The molecule has 0 atom stereocenters. The number of benzene rings is 2. The summed E-state index contributed by atoms with van der Waals surface area (Å²) in [7, 11) is 0. The first-order valence-electron chi connectivity index (χ1n) is 7.72. The van der Waals surface area contributed by atoms with E-state index >= 15 is 0 Å². The molecule has 0 fully saturated rings. The highest BCUT2D eigenvalue weighted by atomic mass is 79.9. The molecule has 0 saturated carbocycles. The van der Waals surface area contributed by atoms with Gasteiger partial charge in [-0.3, -0.25) is 10.1 Å². The zero-order chi connectivity index (χ0) is 18.2. The van der Waals surface area contributed by atoms with E-state index in [4.69, 9.17) is 9.47 Å². The standard InChI is InChI=1S/C18H19BrN2O4/c1-3-8-25-18-16(19)9-13(10-17(18)24-4-2)12-20-14-6-5-7-15(11-14)21(22)23/h3,5-7,9-11,20H,1,4,8,12H2,2H3. The molecule has 0 saturated heterocycles. The predicted molar refractivity (Wildman–Crippen MR) is 101 cm³/mol. The number of nitrogens with zero attached hydrogens (tertiary/aromatic N) is 1. The van der Waals surface area contributed by atoms with E-state index in [1.807, 2.05) is 19.1 Å². The molecule has 0 bridgehead atoms. The molecule has 132 valence electrons. The van der Waals surface area contributed by atoms with Crippen LogP contribution < -0.4 is 14.8 Å². The summed E-state index contributed by atoms with van der Waals surface area (Å²) in [6.45, 7) is 6.92. The molecular weight excluding hydrogens is 388 g/mol. The van der Waals surface area contributed by atoms with Crippen molar-refractivity contribution in [2.24, 2.45) is 0 Å². The Kier molecular flexibility index (Phi) is 6.82. The van der Waals surface area contributed by atoms with Crippen molar-refractivity contribution in [3.63, 3.8) is 0 Å². The fraction of sp³-hybridized carbons (Fsp3) is 0.222. The van der Waals surface area contributed by atoms with Gasteiger partial charge in [0.1, 0.15) is 6.61 Å². The third-order valence-electron chi connectivity index (χ3n) is 3.27. The average molecular weight is 407 g/mol. The molecule has 0 aliphatic heterocycles. The van der Waals surface area contributed by atoms with E-state index in [1.54, 1.807) is 18.2 Å². The highest BCUT2D eigenvalue weighted by Crippen LogP contribution is 2.37. The number of hydrogen-bond donors (Lipinski definition) is 1. The number of ether oxygens (including phenoxy) is 2. The van der Waals surface area contributed by atoms with E-state index in [0.717, 1.165) is 10.0 Å². The minimum Gasteiger partial charge on any atom is -0.490 e. The van der Waals surface area contributed by atoms with E-state index < -0.39 is 4.92 Å². The topological polar surface area (TPSA) is 73.6 Å². The number of rotatable bonds is 9. The van der Waals surface area contributed by atoms with Gasteiger partial charge in [0.15, 0.2) is 11.5 Å². The first-order chi connectivity index (χ1) is 12.0. The highest BCUT2D eigenvalue weighted by molar-refractivity contribution is 9.10. The first-order valence-corrected chi connectivity index (χ1v) is 8.51. The summed E-state index contributed by atoms with van der Waals surface area (Å²) in [5.74, 6) is 1.26. The van der Waals surface area contributed by atoms with Gasteiger partial charge in [-0.1, -0.05) is 18.7 Å². The number of nitro benzene ring substituents is 1. The van der Waals surface area contributed by atoms with Gasteiger partial charge in [0.05, 0.1) is 16.0 Å². The monoisotopic (exact) mass is 406 g/mol. The molecule has 7 heteroatoms. The van der Waals surface area contributed by atoms with Gasteiger partial charge in [0.25, 0.3) is 5.69 Å². The Morgan fingerprint density at radius 2 is 2.12 bits per heavy atom. The van der Waals surface area contributed by atoms with Gasteiger partial charge in [-0.05, 0) is 46.6 Å². The van der Waals surface area contributed by atoms with Crippen LogP contribution in [0.5, 0.6) is 11.5 Å². The third kappa shape index (κ3) is 5.22. The van der Waals surface area contributed by atoms with Crippen LogP contribution in [0.2, 0.25) is 0 Å². The van der Waals surface area contributed by atoms with Gasteiger partial charge >= 0.3 is 0 Å². The maximum absolute atomic E-state index is 10.8. The molecule has 0 amide bonds. The molecule has 0 heterocycles. The van der Waals surface area contributed by atoms with Crippen LogP contribution >= 0.6 is 15.9 Å². The van der Waals surface area contributed by atoms with Gasteiger partial charge in [-0.25, -0.2) is 0 Å². The second kappa shape index (κ2) is 9.08. The van der Waals surface area contributed by atoms with Crippen LogP contribution in [0.25, 0.3) is 0 Å². The van der Waals surface area contributed by atoms with Crippen molar-refractivity contribution >= 4 is 27.3 Å². The smallest absolute Gasteiger partial charge is 0.271 e.